The van der Waals surface area contributed by atoms with Gasteiger partial charge in [-0.2, -0.15) is 5.10 Å². The third-order valence-corrected chi connectivity index (χ3v) is 4.64. The molecule has 1 aromatic heterocycles. The number of hydrogen-bond donors (Lipinski definition) is 1. The number of nitrogens with two attached hydrogens (primary N) is 1. The van der Waals surface area contributed by atoms with Gasteiger partial charge in [0.2, 0.25) is 0 Å². The molecule has 0 spiro atoms. The van der Waals surface area contributed by atoms with Gasteiger partial charge in [-0.15, -0.1) is 0 Å². The lowest BCUT2D eigenvalue weighted by atomic mass is 10.0. The van der Waals surface area contributed by atoms with Crippen LogP contribution in [0.2, 0.25) is 10.0 Å². The molecule has 2 rings (SSSR count). The summed E-state index contributed by atoms with van der Waals surface area (Å²) >= 11 is 15.7. The normalized spacial score (nSPS) is 12.7. The van der Waals surface area contributed by atoms with Crippen LogP contribution in [0.1, 0.15) is 23.0 Å². The van der Waals surface area contributed by atoms with Crippen molar-refractivity contribution >= 4 is 39.1 Å². The van der Waals surface area contributed by atoms with E-state index in [0.717, 1.165) is 21.4 Å². The quantitative estimate of drug-likeness (QED) is 0.895. The summed E-state index contributed by atoms with van der Waals surface area (Å²) in [6, 6.07) is 5.11. The van der Waals surface area contributed by atoms with Gasteiger partial charge in [0.25, 0.3) is 0 Å². The third kappa shape index (κ3) is 3.14. The van der Waals surface area contributed by atoms with E-state index in [0.29, 0.717) is 16.5 Å². The molecule has 1 heterocycles. The number of halogens is 3. The van der Waals surface area contributed by atoms with Crippen LogP contribution in [0.5, 0.6) is 0 Å². The zero-order valence-corrected chi connectivity index (χ0v) is 13.7. The van der Waals surface area contributed by atoms with Gasteiger partial charge in [-0.25, -0.2) is 0 Å². The molecule has 0 aliphatic carbocycles. The Balaban J connectivity index is 2.30. The van der Waals surface area contributed by atoms with Crippen LogP contribution in [0.25, 0.3) is 0 Å². The standard InChI is InChI=1S/C13H14BrCl2N3/c1-7-13(14)12(19(2)18-7)6-11(17)9-5-8(15)3-4-10(9)16/h3-5,11H,6,17H2,1-2H3. The summed E-state index contributed by atoms with van der Waals surface area (Å²) in [4.78, 5) is 0. The van der Waals surface area contributed by atoms with Crippen LogP contribution in [0.3, 0.4) is 0 Å². The molecule has 0 radical (unpaired) electrons. The summed E-state index contributed by atoms with van der Waals surface area (Å²) in [6.45, 7) is 1.95. The average Bonchev–Trinajstić information content (AvgIpc) is 2.59. The van der Waals surface area contributed by atoms with E-state index in [9.17, 15) is 0 Å². The summed E-state index contributed by atoms with van der Waals surface area (Å²) < 4.78 is 2.82. The molecule has 0 saturated carbocycles. The summed E-state index contributed by atoms with van der Waals surface area (Å²) in [5.74, 6) is 0. The highest BCUT2D eigenvalue weighted by Gasteiger charge is 2.17. The first-order valence-corrected chi connectivity index (χ1v) is 7.33. The van der Waals surface area contributed by atoms with Gasteiger partial charge in [0.15, 0.2) is 0 Å². The Morgan fingerprint density at radius 1 is 1.42 bits per heavy atom. The fourth-order valence-electron chi connectivity index (χ4n) is 2.02. The maximum absolute atomic E-state index is 6.24. The van der Waals surface area contributed by atoms with Gasteiger partial charge >= 0.3 is 0 Å². The first-order chi connectivity index (χ1) is 8.90. The second kappa shape index (κ2) is 5.83. The molecule has 2 aromatic rings. The van der Waals surface area contributed by atoms with Gasteiger partial charge in [-0.1, -0.05) is 23.2 Å². The lowest BCUT2D eigenvalue weighted by Gasteiger charge is -2.14. The van der Waals surface area contributed by atoms with E-state index in [4.69, 9.17) is 28.9 Å². The van der Waals surface area contributed by atoms with Gasteiger partial charge in [-0.05, 0) is 46.6 Å². The van der Waals surface area contributed by atoms with Crippen molar-refractivity contribution in [3.05, 3.63) is 49.7 Å². The van der Waals surface area contributed by atoms with Crippen LogP contribution in [-0.4, -0.2) is 9.78 Å². The zero-order chi connectivity index (χ0) is 14.2. The van der Waals surface area contributed by atoms with Crippen molar-refractivity contribution in [2.75, 3.05) is 0 Å². The molecule has 1 aromatic carbocycles. The molecule has 102 valence electrons. The van der Waals surface area contributed by atoms with E-state index < -0.39 is 0 Å². The van der Waals surface area contributed by atoms with E-state index in [1.165, 1.54) is 0 Å². The largest absolute Gasteiger partial charge is 0.324 e. The van der Waals surface area contributed by atoms with Crippen LogP contribution >= 0.6 is 39.1 Å². The fraction of sp³-hybridized carbons (Fsp3) is 0.308. The summed E-state index contributed by atoms with van der Waals surface area (Å²) in [6.07, 6.45) is 0.637. The topological polar surface area (TPSA) is 43.8 Å². The van der Waals surface area contributed by atoms with E-state index in [2.05, 4.69) is 21.0 Å². The predicted molar refractivity (Wildman–Crippen MR) is 82.7 cm³/mol. The van der Waals surface area contributed by atoms with Crippen LogP contribution in [0.15, 0.2) is 22.7 Å². The fourth-order valence-corrected chi connectivity index (χ4v) is 2.95. The molecule has 0 aliphatic rings. The van der Waals surface area contributed by atoms with Crippen molar-refractivity contribution in [2.45, 2.75) is 19.4 Å². The summed E-state index contributed by atoms with van der Waals surface area (Å²) in [5.41, 5.74) is 9.07. The Morgan fingerprint density at radius 3 is 2.68 bits per heavy atom. The molecule has 0 fully saturated rings. The average molecular weight is 363 g/mol. The van der Waals surface area contributed by atoms with E-state index in [1.807, 2.05) is 24.7 Å². The lowest BCUT2D eigenvalue weighted by Crippen LogP contribution is -2.16. The van der Waals surface area contributed by atoms with Crippen LogP contribution in [-0.2, 0) is 13.5 Å². The Morgan fingerprint density at radius 2 is 2.11 bits per heavy atom. The first-order valence-electron chi connectivity index (χ1n) is 5.78. The number of aromatic nitrogens is 2. The summed E-state index contributed by atoms with van der Waals surface area (Å²) in [5, 5.41) is 5.62. The van der Waals surface area contributed by atoms with Crippen LogP contribution in [0.4, 0.5) is 0 Å². The number of benzene rings is 1. The van der Waals surface area contributed by atoms with Crippen LogP contribution in [0, 0.1) is 6.92 Å². The smallest absolute Gasteiger partial charge is 0.0738 e. The Hall–Kier alpha value is -0.550. The molecule has 0 bridgehead atoms. The van der Waals surface area contributed by atoms with Crippen molar-refractivity contribution in [3.63, 3.8) is 0 Å². The molecule has 2 N–H and O–H groups in total. The van der Waals surface area contributed by atoms with E-state index in [-0.39, 0.29) is 6.04 Å². The minimum atomic E-state index is -0.225. The molecule has 3 nitrogen and oxygen atoms in total. The maximum atomic E-state index is 6.24. The highest BCUT2D eigenvalue weighted by atomic mass is 79.9. The Bertz CT molecular complexity index is 610. The monoisotopic (exact) mass is 361 g/mol. The van der Waals surface area contributed by atoms with Crippen molar-refractivity contribution < 1.29 is 0 Å². The van der Waals surface area contributed by atoms with Crippen molar-refractivity contribution in [1.29, 1.82) is 0 Å². The molecule has 1 atom stereocenters. The number of rotatable bonds is 3. The van der Waals surface area contributed by atoms with Gasteiger partial charge in [0.05, 0.1) is 15.9 Å². The number of hydrogen-bond acceptors (Lipinski definition) is 2. The lowest BCUT2D eigenvalue weighted by molar-refractivity contribution is 0.638. The van der Waals surface area contributed by atoms with Gasteiger partial charge in [-0.3, -0.25) is 4.68 Å². The minimum Gasteiger partial charge on any atom is -0.324 e. The van der Waals surface area contributed by atoms with Crippen molar-refractivity contribution in [3.8, 4) is 0 Å². The Kier molecular flexibility index (Phi) is 4.56. The zero-order valence-electron chi connectivity index (χ0n) is 10.6. The molecule has 0 aliphatic heterocycles. The van der Waals surface area contributed by atoms with E-state index >= 15 is 0 Å². The molecule has 0 saturated heterocycles. The Labute approximate surface area is 130 Å². The number of aryl methyl sites for hydroxylation is 2. The first kappa shape index (κ1) is 14.9. The van der Waals surface area contributed by atoms with E-state index in [1.54, 1.807) is 12.1 Å². The second-order valence-electron chi connectivity index (χ2n) is 4.45. The van der Waals surface area contributed by atoms with Gasteiger partial charge in [0.1, 0.15) is 0 Å². The van der Waals surface area contributed by atoms with Gasteiger partial charge in [0, 0.05) is 29.6 Å². The molecule has 19 heavy (non-hydrogen) atoms. The minimum absolute atomic E-state index is 0.225. The highest BCUT2D eigenvalue weighted by molar-refractivity contribution is 9.10. The molecule has 0 amide bonds. The van der Waals surface area contributed by atoms with Gasteiger partial charge < -0.3 is 5.73 Å². The maximum Gasteiger partial charge on any atom is 0.0738 e. The molecular weight excluding hydrogens is 349 g/mol. The number of nitrogens with zero attached hydrogens (tertiary/aromatic N) is 2. The van der Waals surface area contributed by atoms with Crippen molar-refractivity contribution in [1.82, 2.24) is 9.78 Å². The predicted octanol–water partition coefficient (Wildman–Crippen LogP) is 4.04. The molecule has 1 unspecified atom stereocenters. The molecular formula is C13H14BrCl2N3. The third-order valence-electron chi connectivity index (χ3n) is 3.03. The second-order valence-corrected chi connectivity index (χ2v) is 6.08. The SMILES string of the molecule is Cc1nn(C)c(CC(N)c2cc(Cl)ccc2Cl)c1Br. The highest BCUT2D eigenvalue weighted by Crippen LogP contribution is 2.29. The molecule has 6 heteroatoms. The van der Waals surface area contributed by atoms with Crippen LogP contribution < -0.4 is 5.73 Å². The van der Waals surface area contributed by atoms with Crippen molar-refractivity contribution in [2.24, 2.45) is 12.8 Å². The summed E-state index contributed by atoms with van der Waals surface area (Å²) in [7, 11) is 1.90.